The van der Waals surface area contributed by atoms with Crippen LogP contribution in [-0.2, 0) is 0 Å². The highest BCUT2D eigenvalue weighted by Crippen LogP contribution is 2.25. The molecule has 0 aliphatic heterocycles. The van der Waals surface area contributed by atoms with Crippen LogP contribution in [0.1, 0.15) is 45.6 Å². The molecule has 0 aliphatic carbocycles. The van der Waals surface area contributed by atoms with E-state index in [0.717, 1.165) is 5.92 Å². The standard InChI is InChI=1S/C15H24BrN/c1-5-11(3)10-13(6-2)17-15-9-7-8-14(16)12(15)4/h7-9,11,13,17H,5-6,10H2,1-4H3. The van der Waals surface area contributed by atoms with Crippen molar-refractivity contribution < 1.29 is 0 Å². The van der Waals surface area contributed by atoms with Gasteiger partial charge in [-0.1, -0.05) is 49.2 Å². The molecule has 0 radical (unpaired) electrons. The molecule has 0 amide bonds. The molecule has 0 saturated carbocycles. The highest BCUT2D eigenvalue weighted by molar-refractivity contribution is 9.10. The van der Waals surface area contributed by atoms with E-state index in [0.29, 0.717) is 6.04 Å². The molecule has 0 heterocycles. The first-order chi connectivity index (χ1) is 8.08. The Balaban J connectivity index is 2.70. The molecule has 96 valence electrons. The smallest absolute Gasteiger partial charge is 0.0383 e. The predicted octanol–water partition coefficient (Wildman–Crippen LogP) is 5.38. The van der Waals surface area contributed by atoms with Crippen LogP contribution in [0.5, 0.6) is 0 Å². The summed E-state index contributed by atoms with van der Waals surface area (Å²) in [5.74, 6) is 0.792. The Bertz CT molecular complexity index is 349. The summed E-state index contributed by atoms with van der Waals surface area (Å²) in [5.41, 5.74) is 2.56. The molecule has 2 atom stereocenters. The summed E-state index contributed by atoms with van der Waals surface area (Å²) in [6.07, 6.45) is 3.69. The second kappa shape index (κ2) is 7.05. The monoisotopic (exact) mass is 297 g/mol. The molecule has 1 aromatic carbocycles. The Labute approximate surface area is 114 Å². The molecule has 0 spiro atoms. The first-order valence-electron chi connectivity index (χ1n) is 6.60. The summed E-state index contributed by atoms with van der Waals surface area (Å²) in [6.45, 7) is 9.01. The molecule has 1 aromatic rings. The molecule has 17 heavy (non-hydrogen) atoms. The van der Waals surface area contributed by atoms with E-state index in [2.05, 4.69) is 67.1 Å². The van der Waals surface area contributed by atoms with Crippen LogP contribution in [0.2, 0.25) is 0 Å². The van der Waals surface area contributed by atoms with E-state index in [4.69, 9.17) is 0 Å². The van der Waals surface area contributed by atoms with Gasteiger partial charge in [-0.3, -0.25) is 0 Å². The van der Waals surface area contributed by atoms with Gasteiger partial charge in [-0.2, -0.15) is 0 Å². The zero-order valence-corrected chi connectivity index (χ0v) is 13.0. The van der Waals surface area contributed by atoms with Crippen LogP contribution in [0.3, 0.4) is 0 Å². The fraction of sp³-hybridized carbons (Fsp3) is 0.600. The lowest BCUT2D eigenvalue weighted by Gasteiger charge is -2.22. The summed E-state index contributed by atoms with van der Waals surface area (Å²) in [4.78, 5) is 0. The second-order valence-electron chi connectivity index (χ2n) is 4.91. The fourth-order valence-corrected chi connectivity index (χ4v) is 2.33. The summed E-state index contributed by atoms with van der Waals surface area (Å²) < 4.78 is 1.18. The van der Waals surface area contributed by atoms with Crippen molar-refractivity contribution >= 4 is 21.6 Å². The molecule has 2 heteroatoms. The molecule has 0 fully saturated rings. The number of hydrogen-bond donors (Lipinski definition) is 1. The summed E-state index contributed by atoms with van der Waals surface area (Å²) >= 11 is 3.58. The number of benzene rings is 1. The van der Waals surface area contributed by atoms with Gasteiger partial charge < -0.3 is 5.32 Å². The minimum Gasteiger partial charge on any atom is -0.382 e. The largest absolute Gasteiger partial charge is 0.382 e. The van der Waals surface area contributed by atoms with Gasteiger partial charge in [0.1, 0.15) is 0 Å². The molecule has 0 bridgehead atoms. The Morgan fingerprint density at radius 3 is 2.53 bits per heavy atom. The molecular weight excluding hydrogens is 274 g/mol. The number of hydrogen-bond acceptors (Lipinski definition) is 1. The lowest BCUT2D eigenvalue weighted by molar-refractivity contribution is 0.461. The van der Waals surface area contributed by atoms with Gasteiger partial charge in [-0.25, -0.2) is 0 Å². The van der Waals surface area contributed by atoms with Crippen LogP contribution in [0, 0.1) is 12.8 Å². The third-order valence-electron chi connectivity index (χ3n) is 3.50. The van der Waals surface area contributed by atoms with Gasteiger partial charge in [-0.05, 0) is 43.4 Å². The van der Waals surface area contributed by atoms with Gasteiger partial charge in [0.15, 0.2) is 0 Å². The van der Waals surface area contributed by atoms with Crippen molar-refractivity contribution in [1.29, 1.82) is 0 Å². The number of anilines is 1. The van der Waals surface area contributed by atoms with E-state index in [1.165, 1.54) is 35.0 Å². The minimum absolute atomic E-state index is 0.581. The fourth-order valence-electron chi connectivity index (χ4n) is 1.96. The Morgan fingerprint density at radius 2 is 1.94 bits per heavy atom. The van der Waals surface area contributed by atoms with Crippen molar-refractivity contribution in [2.75, 3.05) is 5.32 Å². The van der Waals surface area contributed by atoms with Crippen molar-refractivity contribution in [3.8, 4) is 0 Å². The normalized spacial score (nSPS) is 14.4. The van der Waals surface area contributed by atoms with E-state index in [9.17, 15) is 0 Å². The molecule has 2 unspecified atom stereocenters. The van der Waals surface area contributed by atoms with E-state index in [1.807, 2.05) is 0 Å². The molecule has 0 aromatic heterocycles. The van der Waals surface area contributed by atoms with Crippen LogP contribution in [0.4, 0.5) is 5.69 Å². The first kappa shape index (κ1) is 14.6. The molecule has 1 N–H and O–H groups in total. The second-order valence-corrected chi connectivity index (χ2v) is 5.77. The van der Waals surface area contributed by atoms with Gasteiger partial charge in [-0.15, -0.1) is 0 Å². The van der Waals surface area contributed by atoms with Crippen LogP contribution in [0.15, 0.2) is 22.7 Å². The number of halogens is 1. The highest BCUT2D eigenvalue weighted by atomic mass is 79.9. The van der Waals surface area contributed by atoms with E-state index in [1.54, 1.807) is 0 Å². The van der Waals surface area contributed by atoms with Crippen molar-refractivity contribution in [3.05, 3.63) is 28.2 Å². The zero-order chi connectivity index (χ0) is 12.8. The topological polar surface area (TPSA) is 12.0 Å². The van der Waals surface area contributed by atoms with E-state index in [-0.39, 0.29) is 0 Å². The highest BCUT2D eigenvalue weighted by Gasteiger charge is 2.11. The molecule has 0 aliphatic rings. The third kappa shape index (κ3) is 4.34. The maximum absolute atomic E-state index is 3.67. The molecule has 1 nitrogen and oxygen atoms in total. The molecule has 1 rings (SSSR count). The lowest BCUT2D eigenvalue weighted by Crippen LogP contribution is -2.21. The SMILES string of the molecule is CCC(C)CC(CC)Nc1cccc(Br)c1C. The van der Waals surface area contributed by atoms with Crippen molar-refractivity contribution in [3.63, 3.8) is 0 Å². The predicted molar refractivity (Wildman–Crippen MR) is 80.7 cm³/mol. The molecule has 0 saturated heterocycles. The first-order valence-corrected chi connectivity index (χ1v) is 7.39. The van der Waals surface area contributed by atoms with Gasteiger partial charge in [0.2, 0.25) is 0 Å². The summed E-state index contributed by atoms with van der Waals surface area (Å²) in [5, 5.41) is 3.67. The summed E-state index contributed by atoms with van der Waals surface area (Å²) in [6, 6.07) is 6.93. The van der Waals surface area contributed by atoms with Crippen molar-refractivity contribution in [1.82, 2.24) is 0 Å². The Hall–Kier alpha value is -0.500. The average molecular weight is 298 g/mol. The Kier molecular flexibility index (Phi) is 6.04. The van der Waals surface area contributed by atoms with Gasteiger partial charge >= 0.3 is 0 Å². The Morgan fingerprint density at radius 1 is 1.24 bits per heavy atom. The quantitative estimate of drug-likeness (QED) is 0.743. The maximum atomic E-state index is 3.67. The van der Waals surface area contributed by atoms with E-state index >= 15 is 0 Å². The zero-order valence-electron chi connectivity index (χ0n) is 11.4. The number of nitrogens with one attached hydrogen (secondary N) is 1. The van der Waals surface area contributed by atoms with Gasteiger partial charge in [0, 0.05) is 16.2 Å². The van der Waals surface area contributed by atoms with Crippen LogP contribution in [0.25, 0.3) is 0 Å². The van der Waals surface area contributed by atoms with Crippen LogP contribution in [-0.4, -0.2) is 6.04 Å². The van der Waals surface area contributed by atoms with Crippen LogP contribution >= 0.6 is 15.9 Å². The maximum Gasteiger partial charge on any atom is 0.0383 e. The lowest BCUT2D eigenvalue weighted by atomic mass is 9.97. The minimum atomic E-state index is 0.581. The average Bonchev–Trinajstić information content (AvgIpc) is 2.33. The molecular formula is C15H24BrN. The van der Waals surface area contributed by atoms with E-state index < -0.39 is 0 Å². The van der Waals surface area contributed by atoms with Gasteiger partial charge in [0.25, 0.3) is 0 Å². The third-order valence-corrected chi connectivity index (χ3v) is 4.36. The van der Waals surface area contributed by atoms with Gasteiger partial charge in [0.05, 0.1) is 0 Å². The van der Waals surface area contributed by atoms with Crippen molar-refractivity contribution in [2.24, 2.45) is 5.92 Å². The van der Waals surface area contributed by atoms with Crippen molar-refractivity contribution in [2.45, 2.75) is 53.0 Å². The number of rotatable bonds is 6. The summed E-state index contributed by atoms with van der Waals surface area (Å²) in [7, 11) is 0. The van der Waals surface area contributed by atoms with Crippen LogP contribution < -0.4 is 5.32 Å².